The SMILES string of the molecule is N#CC1(CC2CC3CCC2C3)CCOc2ccccc21. The molecule has 4 unspecified atom stereocenters. The summed E-state index contributed by atoms with van der Waals surface area (Å²) in [4.78, 5) is 0. The highest BCUT2D eigenvalue weighted by atomic mass is 16.5. The maximum Gasteiger partial charge on any atom is 0.124 e. The minimum Gasteiger partial charge on any atom is -0.493 e. The minimum absolute atomic E-state index is 0.302. The van der Waals surface area contributed by atoms with Gasteiger partial charge in [-0.3, -0.25) is 0 Å². The van der Waals surface area contributed by atoms with Crippen LogP contribution in [0.1, 0.15) is 44.1 Å². The Morgan fingerprint density at radius 3 is 2.90 bits per heavy atom. The molecule has 2 saturated carbocycles. The van der Waals surface area contributed by atoms with Gasteiger partial charge in [0.1, 0.15) is 5.75 Å². The number of hydrogen-bond donors (Lipinski definition) is 0. The third kappa shape index (κ3) is 1.76. The summed E-state index contributed by atoms with van der Waals surface area (Å²) in [5.74, 6) is 3.54. The lowest BCUT2D eigenvalue weighted by Gasteiger charge is -2.37. The molecule has 4 rings (SSSR count). The summed E-state index contributed by atoms with van der Waals surface area (Å²) >= 11 is 0. The number of ether oxygens (including phenoxy) is 1. The number of rotatable bonds is 2. The first-order valence-corrected chi connectivity index (χ1v) is 7.94. The van der Waals surface area contributed by atoms with Crippen LogP contribution in [0.5, 0.6) is 5.75 Å². The second-order valence-corrected chi connectivity index (χ2v) is 6.93. The van der Waals surface area contributed by atoms with Gasteiger partial charge in [0.15, 0.2) is 0 Å². The van der Waals surface area contributed by atoms with E-state index in [1.165, 1.54) is 25.7 Å². The van der Waals surface area contributed by atoms with Crippen LogP contribution in [0.4, 0.5) is 0 Å². The van der Waals surface area contributed by atoms with Crippen LogP contribution in [0, 0.1) is 29.1 Å². The normalized spacial score (nSPS) is 38.0. The Hall–Kier alpha value is -1.49. The average Bonchev–Trinajstić information content (AvgIpc) is 3.10. The zero-order chi connectivity index (χ0) is 13.6. The van der Waals surface area contributed by atoms with Gasteiger partial charge in [0.25, 0.3) is 0 Å². The van der Waals surface area contributed by atoms with E-state index in [1.807, 2.05) is 18.2 Å². The van der Waals surface area contributed by atoms with Gasteiger partial charge in [-0.05, 0) is 49.5 Å². The Kier molecular flexibility index (Phi) is 2.77. The number of fused-ring (bicyclic) bond motifs is 3. The molecule has 3 aliphatic rings. The molecule has 0 amide bonds. The molecule has 0 N–H and O–H groups in total. The van der Waals surface area contributed by atoms with Crippen molar-refractivity contribution in [2.45, 2.75) is 43.9 Å². The van der Waals surface area contributed by atoms with Crippen molar-refractivity contribution in [1.29, 1.82) is 5.26 Å². The summed E-state index contributed by atoms with van der Waals surface area (Å²) < 4.78 is 5.76. The zero-order valence-electron chi connectivity index (χ0n) is 11.8. The second-order valence-electron chi connectivity index (χ2n) is 6.93. The zero-order valence-corrected chi connectivity index (χ0v) is 11.8. The number of nitriles is 1. The van der Waals surface area contributed by atoms with E-state index in [4.69, 9.17) is 4.74 Å². The van der Waals surface area contributed by atoms with Crippen LogP contribution >= 0.6 is 0 Å². The van der Waals surface area contributed by atoms with Crippen LogP contribution in [0.25, 0.3) is 0 Å². The highest BCUT2D eigenvalue weighted by Gasteiger charge is 2.46. The van der Waals surface area contributed by atoms with Crippen molar-refractivity contribution in [3.8, 4) is 11.8 Å². The maximum absolute atomic E-state index is 9.91. The molecule has 20 heavy (non-hydrogen) atoms. The first-order chi connectivity index (χ1) is 9.81. The van der Waals surface area contributed by atoms with Gasteiger partial charge in [-0.25, -0.2) is 0 Å². The third-order valence-corrected chi connectivity index (χ3v) is 5.90. The molecule has 104 valence electrons. The number of para-hydroxylation sites is 1. The second kappa shape index (κ2) is 4.52. The van der Waals surface area contributed by atoms with E-state index in [0.717, 1.165) is 41.9 Å². The molecule has 2 bridgehead atoms. The summed E-state index contributed by atoms with van der Waals surface area (Å²) in [6.07, 6.45) is 7.51. The molecule has 0 spiro atoms. The summed E-state index contributed by atoms with van der Waals surface area (Å²) in [5.41, 5.74) is 0.834. The predicted octanol–water partition coefficient (Wildman–Crippen LogP) is 4.06. The van der Waals surface area contributed by atoms with E-state index in [0.29, 0.717) is 6.61 Å². The van der Waals surface area contributed by atoms with Gasteiger partial charge >= 0.3 is 0 Å². The topological polar surface area (TPSA) is 33.0 Å². The summed E-state index contributed by atoms with van der Waals surface area (Å²) in [5, 5.41) is 9.91. The van der Waals surface area contributed by atoms with Gasteiger partial charge in [0.2, 0.25) is 0 Å². The molecule has 1 aliphatic heterocycles. The van der Waals surface area contributed by atoms with Crippen LogP contribution in [-0.2, 0) is 5.41 Å². The number of hydrogen-bond acceptors (Lipinski definition) is 2. The smallest absolute Gasteiger partial charge is 0.124 e. The third-order valence-electron chi connectivity index (χ3n) is 5.90. The molecule has 2 nitrogen and oxygen atoms in total. The van der Waals surface area contributed by atoms with Gasteiger partial charge in [-0.1, -0.05) is 24.6 Å². The van der Waals surface area contributed by atoms with Crippen molar-refractivity contribution in [1.82, 2.24) is 0 Å². The molecule has 1 heterocycles. The predicted molar refractivity (Wildman–Crippen MR) is 77.4 cm³/mol. The average molecular weight is 267 g/mol. The lowest BCUT2D eigenvalue weighted by molar-refractivity contribution is 0.197. The lowest BCUT2D eigenvalue weighted by Crippen LogP contribution is -2.34. The molecule has 1 aromatic rings. The van der Waals surface area contributed by atoms with Crippen LogP contribution in [0.3, 0.4) is 0 Å². The molecule has 0 saturated heterocycles. The van der Waals surface area contributed by atoms with Gasteiger partial charge in [-0.15, -0.1) is 0 Å². The summed E-state index contributed by atoms with van der Waals surface area (Å²) in [7, 11) is 0. The molecule has 0 radical (unpaired) electrons. The lowest BCUT2D eigenvalue weighted by atomic mass is 9.68. The Bertz CT molecular complexity index is 561. The fourth-order valence-electron chi connectivity index (χ4n) is 4.91. The van der Waals surface area contributed by atoms with E-state index in [9.17, 15) is 5.26 Å². The first-order valence-electron chi connectivity index (χ1n) is 7.94. The van der Waals surface area contributed by atoms with Crippen LogP contribution in [0.2, 0.25) is 0 Å². The molecule has 4 atom stereocenters. The summed E-state index contributed by atoms with van der Waals surface area (Å²) in [6.45, 7) is 0.686. The summed E-state index contributed by atoms with van der Waals surface area (Å²) in [6, 6.07) is 10.8. The fraction of sp³-hybridized carbons (Fsp3) is 0.611. The van der Waals surface area contributed by atoms with Gasteiger partial charge < -0.3 is 4.74 Å². The highest BCUT2D eigenvalue weighted by molar-refractivity contribution is 5.45. The van der Waals surface area contributed by atoms with Crippen molar-refractivity contribution in [3.05, 3.63) is 29.8 Å². The van der Waals surface area contributed by atoms with Gasteiger partial charge in [0.05, 0.1) is 18.1 Å². The quantitative estimate of drug-likeness (QED) is 0.809. The van der Waals surface area contributed by atoms with Gasteiger partial charge in [0, 0.05) is 12.0 Å². The largest absolute Gasteiger partial charge is 0.493 e. The molecule has 1 aromatic carbocycles. The Morgan fingerprint density at radius 2 is 2.15 bits per heavy atom. The standard InChI is InChI=1S/C18H21NO/c19-12-18(11-15-10-13-5-6-14(15)9-13)7-8-20-17-4-2-1-3-16(17)18/h1-4,13-15H,5-11H2. The van der Waals surface area contributed by atoms with Crippen LogP contribution in [-0.4, -0.2) is 6.61 Å². The minimum atomic E-state index is -0.302. The van der Waals surface area contributed by atoms with E-state index in [1.54, 1.807) is 0 Å². The van der Waals surface area contributed by atoms with E-state index < -0.39 is 0 Å². The van der Waals surface area contributed by atoms with E-state index in [-0.39, 0.29) is 5.41 Å². The molecule has 0 aromatic heterocycles. The molecule has 2 heteroatoms. The molecule has 2 fully saturated rings. The molecular weight excluding hydrogens is 246 g/mol. The van der Waals surface area contributed by atoms with Gasteiger partial charge in [-0.2, -0.15) is 5.26 Å². The molecule has 2 aliphatic carbocycles. The fourth-order valence-corrected chi connectivity index (χ4v) is 4.91. The van der Waals surface area contributed by atoms with Crippen molar-refractivity contribution in [2.75, 3.05) is 6.61 Å². The monoisotopic (exact) mass is 267 g/mol. The van der Waals surface area contributed by atoms with Crippen molar-refractivity contribution >= 4 is 0 Å². The van der Waals surface area contributed by atoms with E-state index in [2.05, 4.69) is 12.1 Å². The van der Waals surface area contributed by atoms with Crippen LogP contribution in [0.15, 0.2) is 24.3 Å². The highest BCUT2D eigenvalue weighted by Crippen LogP contribution is 2.54. The molecular formula is C18H21NO. The number of benzene rings is 1. The van der Waals surface area contributed by atoms with Crippen LogP contribution < -0.4 is 4.74 Å². The Labute approximate surface area is 120 Å². The maximum atomic E-state index is 9.91. The van der Waals surface area contributed by atoms with Crippen molar-refractivity contribution in [3.63, 3.8) is 0 Å². The number of nitrogens with zero attached hydrogens (tertiary/aromatic N) is 1. The Morgan fingerprint density at radius 1 is 1.25 bits per heavy atom. The first kappa shape index (κ1) is 12.3. The van der Waals surface area contributed by atoms with Crippen molar-refractivity contribution in [2.24, 2.45) is 17.8 Å². The Balaban J connectivity index is 1.66. The van der Waals surface area contributed by atoms with E-state index >= 15 is 0 Å². The van der Waals surface area contributed by atoms with Crippen molar-refractivity contribution < 1.29 is 4.74 Å².